The van der Waals surface area contributed by atoms with Crippen LogP contribution in [-0.2, 0) is 23.4 Å². The van der Waals surface area contributed by atoms with Crippen molar-refractivity contribution >= 4 is 41.3 Å². The Morgan fingerprint density at radius 3 is 2.50 bits per heavy atom. The van der Waals surface area contributed by atoms with Gasteiger partial charge >= 0.3 is 0 Å². The van der Waals surface area contributed by atoms with Crippen molar-refractivity contribution < 1.29 is 9.84 Å². The molecule has 0 aliphatic carbocycles. The maximum atomic E-state index is 10.8. The molecule has 3 unspecified atom stereocenters. The molecule has 0 amide bonds. The van der Waals surface area contributed by atoms with Crippen LogP contribution in [0.2, 0.25) is 0 Å². The average molecular weight is 573 g/mol. The van der Waals surface area contributed by atoms with E-state index in [1.165, 1.54) is 11.1 Å². The van der Waals surface area contributed by atoms with Gasteiger partial charge in [0.2, 0.25) is 0 Å². The van der Waals surface area contributed by atoms with Gasteiger partial charge in [-0.3, -0.25) is 4.90 Å². The highest BCUT2D eigenvalue weighted by molar-refractivity contribution is 14.0. The monoisotopic (exact) mass is 572 g/mol. The molecule has 0 bridgehead atoms. The standard InChI is InChI=1S/C24H36N4O2S.HI/c1-5-25-23(27-17-24(4,29)22-10-11-31-16-22)26-12-20-8-6-7-9-21(20)15-28-13-18(2)30-19(3)14-28;/h6-11,16,18-19,29H,5,12-15,17H2,1-4H3,(H2,25,26,27);1H. The van der Waals surface area contributed by atoms with Gasteiger partial charge in [0.1, 0.15) is 5.60 Å². The van der Waals surface area contributed by atoms with Crippen LogP contribution in [0.4, 0.5) is 0 Å². The summed E-state index contributed by atoms with van der Waals surface area (Å²) in [4.78, 5) is 7.26. The molecule has 0 spiro atoms. The van der Waals surface area contributed by atoms with E-state index in [1.54, 1.807) is 11.3 Å². The second-order valence-corrected chi connectivity index (χ2v) is 9.33. The predicted octanol–water partition coefficient (Wildman–Crippen LogP) is 3.94. The number of rotatable bonds is 8. The Balaban J connectivity index is 0.00000363. The lowest BCUT2D eigenvalue weighted by Crippen LogP contribution is -2.45. The molecule has 1 saturated heterocycles. The number of benzene rings is 1. The maximum Gasteiger partial charge on any atom is 0.191 e. The second kappa shape index (κ2) is 12.9. The van der Waals surface area contributed by atoms with Gasteiger partial charge in [-0.25, -0.2) is 4.99 Å². The third kappa shape index (κ3) is 7.98. The summed E-state index contributed by atoms with van der Waals surface area (Å²) in [6.45, 7) is 12.7. The van der Waals surface area contributed by atoms with Crippen LogP contribution in [0.15, 0.2) is 46.1 Å². The van der Waals surface area contributed by atoms with Gasteiger partial charge in [0.15, 0.2) is 5.96 Å². The summed E-state index contributed by atoms with van der Waals surface area (Å²) >= 11 is 1.59. The SMILES string of the molecule is CCNC(=NCc1ccccc1CN1CC(C)OC(C)C1)NCC(C)(O)c1ccsc1.I. The molecule has 3 rings (SSSR count). The number of aliphatic hydroxyl groups is 1. The number of morpholine rings is 1. The molecule has 1 fully saturated rings. The molecular weight excluding hydrogens is 535 g/mol. The van der Waals surface area contributed by atoms with Crippen LogP contribution in [0.5, 0.6) is 0 Å². The van der Waals surface area contributed by atoms with Crippen LogP contribution in [0.25, 0.3) is 0 Å². The molecule has 1 aliphatic rings. The number of nitrogens with one attached hydrogen (secondary N) is 2. The zero-order valence-corrected chi connectivity index (χ0v) is 22.7. The van der Waals surface area contributed by atoms with Crippen molar-refractivity contribution in [3.8, 4) is 0 Å². The molecule has 6 nitrogen and oxygen atoms in total. The molecular formula is C24H37IN4O2S. The van der Waals surface area contributed by atoms with Crippen molar-refractivity contribution in [1.82, 2.24) is 15.5 Å². The fourth-order valence-electron chi connectivity index (χ4n) is 3.96. The number of guanidine groups is 1. The van der Waals surface area contributed by atoms with E-state index < -0.39 is 5.60 Å². The molecule has 1 aromatic carbocycles. The summed E-state index contributed by atoms with van der Waals surface area (Å²) in [6, 6.07) is 10.5. The third-order valence-electron chi connectivity index (χ3n) is 5.50. The number of hydrogen-bond donors (Lipinski definition) is 3. The van der Waals surface area contributed by atoms with Gasteiger partial charge < -0.3 is 20.5 Å². The van der Waals surface area contributed by atoms with Gasteiger partial charge in [-0.15, -0.1) is 24.0 Å². The van der Waals surface area contributed by atoms with Crippen molar-refractivity contribution in [3.63, 3.8) is 0 Å². The predicted molar refractivity (Wildman–Crippen MR) is 144 cm³/mol. The minimum atomic E-state index is -0.947. The zero-order chi connectivity index (χ0) is 22.3. The summed E-state index contributed by atoms with van der Waals surface area (Å²) in [5.41, 5.74) is 2.49. The van der Waals surface area contributed by atoms with Crippen LogP contribution < -0.4 is 10.6 Å². The van der Waals surface area contributed by atoms with Gasteiger partial charge in [-0.1, -0.05) is 24.3 Å². The van der Waals surface area contributed by atoms with E-state index in [9.17, 15) is 5.11 Å². The third-order valence-corrected chi connectivity index (χ3v) is 6.19. The van der Waals surface area contributed by atoms with Gasteiger partial charge in [0.25, 0.3) is 0 Å². The Morgan fingerprint density at radius 1 is 1.19 bits per heavy atom. The van der Waals surface area contributed by atoms with Crippen LogP contribution in [-0.4, -0.2) is 54.4 Å². The summed E-state index contributed by atoms with van der Waals surface area (Å²) < 4.78 is 5.87. The zero-order valence-electron chi connectivity index (χ0n) is 19.5. The highest BCUT2D eigenvalue weighted by atomic mass is 127. The Hall–Kier alpha value is -1.20. The lowest BCUT2D eigenvalue weighted by Gasteiger charge is -2.35. The molecule has 1 aromatic heterocycles. The number of hydrogen-bond acceptors (Lipinski definition) is 5. The first-order valence-corrected chi connectivity index (χ1v) is 12.0. The van der Waals surface area contributed by atoms with Crippen molar-refractivity contribution in [2.75, 3.05) is 26.2 Å². The lowest BCUT2D eigenvalue weighted by atomic mass is 9.99. The van der Waals surface area contributed by atoms with Crippen molar-refractivity contribution in [3.05, 3.63) is 57.8 Å². The van der Waals surface area contributed by atoms with Gasteiger partial charge in [0.05, 0.1) is 25.3 Å². The fourth-order valence-corrected chi connectivity index (χ4v) is 4.74. The summed E-state index contributed by atoms with van der Waals surface area (Å²) in [5.74, 6) is 0.710. The topological polar surface area (TPSA) is 69.1 Å². The number of ether oxygens (including phenoxy) is 1. The minimum absolute atomic E-state index is 0. The Kier molecular flexibility index (Phi) is 10.9. The van der Waals surface area contributed by atoms with Crippen LogP contribution in [0.1, 0.15) is 44.4 Å². The summed E-state index contributed by atoms with van der Waals surface area (Å²) in [7, 11) is 0. The highest BCUT2D eigenvalue weighted by Crippen LogP contribution is 2.22. The first kappa shape index (κ1) is 27.0. The van der Waals surface area contributed by atoms with E-state index in [-0.39, 0.29) is 36.2 Å². The smallest absolute Gasteiger partial charge is 0.191 e. The lowest BCUT2D eigenvalue weighted by molar-refractivity contribution is -0.0705. The normalized spacial score (nSPS) is 21.5. The minimum Gasteiger partial charge on any atom is -0.384 e. The maximum absolute atomic E-state index is 10.8. The molecule has 3 atom stereocenters. The number of thiophene rings is 1. The number of halogens is 1. The van der Waals surface area contributed by atoms with Crippen LogP contribution in [0, 0.1) is 0 Å². The summed E-state index contributed by atoms with van der Waals surface area (Å²) in [5, 5.41) is 21.3. The molecule has 0 saturated carbocycles. The fraction of sp³-hybridized carbons (Fsp3) is 0.542. The molecule has 1 aliphatic heterocycles. The first-order chi connectivity index (χ1) is 14.9. The molecule has 32 heavy (non-hydrogen) atoms. The van der Waals surface area contributed by atoms with Gasteiger partial charge in [0, 0.05) is 26.2 Å². The van der Waals surface area contributed by atoms with Crippen LogP contribution >= 0.6 is 35.3 Å². The van der Waals surface area contributed by atoms with Crippen molar-refractivity contribution in [2.24, 2.45) is 4.99 Å². The van der Waals surface area contributed by atoms with E-state index in [2.05, 4.69) is 53.6 Å². The first-order valence-electron chi connectivity index (χ1n) is 11.1. The van der Waals surface area contributed by atoms with E-state index in [4.69, 9.17) is 9.73 Å². The largest absolute Gasteiger partial charge is 0.384 e. The number of aliphatic imine (C=N–C) groups is 1. The summed E-state index contributed by atoms with van der Waals surface area (Å²) in [6.07, 6.45) is 0.518. The van der Waals surface area contributed by atoms with Crippen LogP contribution in [0.3, 0.4) is 0 Å². The molecule has 2 heterocycles. The van der Waals surface area contributed by atoms with E-state index in [0.29, 0.717) is 19.0 Å². The molecule has 0 radical (unpaired) electrons. The Morgan fingerprint density at radius 2 is 1.88 bits per heavy atom. The average Bonchev–Trinajstić information content (AvgIpc) is 3.26. The van der Waals surface area contributed by atoms with E-state index in [1.807, 2.05) is 30.7 Å². The van der Waals surface area contributed by atoms with E-state index in [0.717, 1.165) is 31.7 Å². The van der Waals surface area contributed by atoms with Gasteiger partial charge in [-0.05, 0) is 61.2 Å². The molecule has 8 heteroatoms. The van der Waals surface area contributed by atoms with Crippen molar-refractivity contribution in [1.29, 1.82) is 0 Å². The molecule has 2 aromatic rings. The highest BCUT2D eigenvalue weighted by Gasteiger charge is 2.24. The number of nitrogens with zero attached hydrogens (tertiary/aromatic N) is 2. The Bertz CT molecular complexity index is 834. The van der Waals surface area contributed by atoms with Gasteiger partial charge in [-0.2, -0.15) is 11.3 Å². The van der Waals surface area contributed by atoms with Crippen molar-refractivity contribution in [2.45, 2.75) is 58.6 Å². The molecule has 3 N–H and O–H groups in total. The van der Waals surface area contributed by atoms with E-state index >= 15 is 0 Å². The molecule has 178 valence electrons. The Labute approximate surface area is 213 Å². The quantitative estimate of drug-likeness (QED) is 0.254. The second-order valence-electron chi connectivity index (χ2n) is 8.55.